The number of para-hydroxylation sites is 1. The van der Waals surface area contributed by atoms with Crippen LogP contribution in [0.5, 0.6) is 11.5 Å². The highest BCUT2D eigenvalue weighted by Crippen LogP contribution is 2.39. The molecule has 0 N–H and O–H groups in total. The largest absolute Gasteiger partial charge is 0.493 e. The Hall–Kier alpha value is -4.03. The van der Waals surface area contributed by atoms with Crippen molar-refractivity contribution in [3.05, 3.63) is 76.2 Å². The number of methoxy groups -OCH3 is 1. The number of aromatic nitrogens is 3. The Morgan fingerprint density at radius 3 is 2.58 bits per heavy atom. The molecule has 1 fully saturated rings. The van der Waals surface area contributed by atoms with E-state index in [9.17, 15) is 13.2 Å². The maximum atomic E-state index is 13.7. The van der Waals surface area contributed by atoms with Crippen molar-refractivity contribution in [3.8, 4) is 23.4 Å². The number of alkyl halides is 3. The maximum Gasteiger partial charge on any atom is 0.417 e. The smallest absolute Gasteiger partial charge is 0.417 e. The highest BCUT2D eigenvalue weighted by Gasteiger charge is 2.34. The van der Waals surface area contributed by atoms with Crippen molar-refractivity contribution in [1.29, 1.82) is 5.26 Å². The number of halogens is 4. The molecule has 0 atom stereocenters. The lowest BCUT2D eigenvalue weighted by molar-refractivity contribution is -0.137. The van der Waals surface area contributed by atoms with Crippen molar-refractivity contribution >= 4 is 34.8 Å². The number of nitrogens with zero attached hydrogens (tertiary/aromatic N) is 4. The molecule has 2 aromatic carbocycles. The Bertz CT molecular complexity index is 1550. The van der Waals surface area contributed by atoms with E-state index < -0.39 is 16.8 Å². The SMILES string of the molecule is COc1cccc(/C=C/c2nc3cc(Cl)c(C(F)(F)F)cc3n2-c2ccc(C#N)cn2)c1OC1CCCC1. The first kappa shape index (κ1) is 25.6. The molecule has 6 nitrogen and oxygen atoms in total. The summed E-state index contributed by atoms with van der Waals surface area (Å²) in [6.07, 6.45) is 4.38. The van der Waals surface area contributed by atoms with Crippen molar-refractivity contribution in [2.75, 3.05) is 7.11 Å². The van der Waals surface area contributed by atoms with Gasteiger partial charge in [0.1, 0.15) is 17.7 Å². The Kier molecular flexibility index (Phi) is 7.00. The van der Waals surface area contributed by atoms with E-state index in [2.05, 4.69) is 9.97 Å². The summed E-state index contributed by atoms with van der Waals surface area (Å²) in [6.45, 7) is 0. The summed E-state index contributed by atoms with van der Waals surface area (Å²) in [5.41, 5.74) is 0.515. The predicted molar refractivity (Wildman–Crippen MR) is 138 cm³/mol. The lowest BCUT2D eigenvalue weighted by Crippen LogP contribution is -2.12. The molecule has 0 aliphatic heterocycles. The van der Waals surface area contributed by atoms with Gasteiger partial charge >= 0.3 is 6.18 Å². The molecule has 0 spiro atoms. The summed E-state index contributed by atoms with van der Waals surface area (Å²) < 4.78 is 54.3. The van der Waals surface area contributed by atoms with Crippen molar-refractivity contribution in [3.63, 3.8) is 0 Å². The van der Waals surface area contributed by atoms with E-state index in [4.69, 9.17) is 26.3 Å². The van der Waals surface area contributed by atoms with Gasteiger partial charge < -0.3 is 9.47 Å². The fraction of sp³-hybridized carbons (Fsp3) is 0.250. The van der Waals surface area contributed by atoms with Crippen LogP contribution in [0.15, 0.2) is 48.7 Å². The summed E-state index contributed by atoms with van der Waals surface area (Å²) in [5, 5.41) is 8.69. The molecule has 5 rings (SSSR count). The van der Waals surface area contributed by atoms with Crippen LogP contribution in [0.1, 0.15) is 48.2 Å². The van der Waals surface area contributed by atoms with Gasteiger partial charge in [0.2, 0.25) is 0 Å². The van der Waals surface area contributed by atoms with Gasteiger partial charge in [-0.1, -0.05) is 23.7 Å². The number of imidazole rings is 1. The van der Waals surface area contributed by atoms with E-state index in [0.717, 1.165) is 37.3 Å². The number of ether oxygens (including phenoxy) is 2. The average Bonchev–Trinajstić information content (AvgIpc) is 3.54. The summed E-state index contributed by atoms with van der Waals surface area (Å²) in [5.74, 6) is 1.81. The number of nitriles is 1. The monoisotopic (exact) mass is 538 g/mol. The zero-order chi connectivity index (χ0) is 26.9. The topological polar surface area (TPSA) is 73.0 Å². The van der Waals surface area contributed by atoms with Gasteiger partial charge in [0.05, 0.1) is 40.4 Å². The van der Waals surface area contributed by atoms with E-state index >= 15 is 0 Å². The van der Waals surface area contributed by atoms with Crippen LogP contribution in [-0.4, -0.2) is 27.7 Å². The third kappa shape index (κ3) is 5.04. The Morgan fingerprint density at radius 2 is 1.92 bits per heavy atom. The van der Waals surface area contributed by atoms with Gasteiger partial charge in [0, 0.05) is 11.8 Å². The number of benzene rings is 2. The summed E-state index contributed by atoms with van der Waals surface area (Å²) in [4.78, 5) is 8.85. The number of fused-ring (bicyclic) bond motifs is 1. The fourth-order valence-corrected chi connectivity index (χ4v) is 4.82. The molecule has 194 valence electrons. The van der Waals surface area contributed by atoms with Crippen LogP contribution in [0.3, 0.4) is 0 Å². The third-order valence-corrected chi connectivity index (χ3v) is 6.72. The first-order valence-electron chi connectivity index (χ1n) is 12.0. The van der Waals surface area contributed by atoms with Gasteiger partial charge in [0.25, 0.3) is 0 Å². The van der Waals surface area contributed by atoms with Crippen LogP contribution in [-0.2, 0) is 6.18 Å². The Balaban J connectivity index is 1.65. The van der Waals surface area contributed by atoms with E-state index in [0.29, 0.717) is 28.7 Å². The third-order valence-electron chi connectivity index (χ3n) is 6.41. The summed E-state index contributed by atoms with van der Waals surface area (Å²) in [6, 6.07) is 12.8. The number of rotatable bonds is 6. The molecule has 38 heavy (non-hydrogen) atoms. The van der Waals surface area contributed by atoms with Gasteiger partial charge in [-0.05, 0) is 68.2 Å². The van der Waals surface area contributed by atoms with E-state index in [1.807, 2.05) is 24.3 Å². The van der Waals surface area contributed by atoms with E-state index in [1.165, 1.54) is 22.9 Å². The van der Waals surface area contributed by atoms with Gasteiger partial charge in [-0.3, -0.25) is 4.57 Å². The number of hydrogen-bond acceptors (Lipinski definition) is 5. The molecule has 0 saturated heterocycles. The quantitative estimate of drug-likeness (QED) is 0.255. The predicted octanol–water partition coefficient (Wildman–Crippen LogP) is 7.46. The highest BCUT2D eigenvalue weighted by atomic mass is 35.5. The molecule has 0 amide bonds. The molecule has 1 aliphatic rings. The minimum atomic E-state index is -4.65. The van der Waals surface area contributed by atoms with Crippen molar-refractivity contribution < 1.29 is 22.6 Å². The van der Waals surface area contributed by atoms with Crippen molar-refractivity contribution in [1.82, 2.24) is 14.5 Å². The van der Waals surface area contributed by atoms with Gasteiger partial charge in [-0.15, -0.1) is 0 Å². The van der Waals surface area contributed by atoms with Crippen LogP contribution in [0.25, 0.3) is 29.0 Å². The van der Waals surface area contributed by atoms with Crippen molar-refractivity contribution in [2.24, 2.45) is 0 Å². The van der Waals surface area contributed by atoms with Crippen LogP contribution < -0.4 is 9.47 Å². The molecular formula is C28H22ClF3N4O2. The fourth-order valence-electron chi connectivity index (χ4n) is 4.56. The molecule has 0 bridgehead atoms. The second kappa shape index (κ2) is 10.4. The van der Waals surface area contributed by atoms with Crippen molar-refractivity contribution in [2.45, 2.75) is 38.0 Å². The average molecular weight is 539 g/mol. The van der Waals surface area contributed by atoms with Crippen LogP contribution in [0, 0.1) is 11.3 Å². The number of pyridine rings is 1. The number of hydrogen-bond donors (Lipinski definition) is 0. The normalized spacial score (nSPS) is 14.3. The zero-order valence-corrected chi connectivity index (χ0v) is 21.1. The Labute approximate surface area is 221 Å². The van der Waals surface area contributed by atoms with Gasteiger partial charge in [0.15, 0.2) is 11.5 Å². The summed E-state index contributed by atoms with van der Waals surface area (Å²) >= 11 is 5.97. The molecule has 4 aromatic rings. The first-order chi connectivity index (χ1) is 18.3. The van der Waals surface area contributed by atoms with Crippen LogP contribution in [0.4, 0.5) is 13.2 Å². The van der Waals surface area contributed by atoms with Crippen LogP contribution >= 0.6 is 11.6 Å². The van der Waals surface area contributed by atoms with Gasteiger partial charge in [-0.25, -0.2) is 9.97 Å². The molecule has 0 unspecified atom stereocenters. The zero-order valence-electron chi connectivity index (χ0n) is 20.3. The molecule has 2 heterocycles. The minimum absolute atomic E-state index is 0.0915. The molecule has 1 aliphatic carbocycles. The second-order valence-corrected chi connectivity index (χ2v) is 9.28. The van der Waals surface area contributed by atoms with Crippen LogP contribution in [0.2, 0.25) is 5.02 Å². The summed E-state index contributed by atoms with van der Waals surface area (Å²) in [7, 11) is 1.57. The van der Waals surface area contributed by atoms with E-state index in [1.54, 1.807) is 25.3 Å². The molecule has 1 saturated carbocycles. The van der Waals surface area contributed by atoms with E-state index in [-0.39, 0.29) is 17.1 Å². The first-order valence-corrected chi connectivity index (χ1v) is 12.3. The Morgan fingerprint density at radius 1 is 1.13 bits per heavy atom. The highest BCUT2D eigenvalue weighted by molar-refractivity contribution is 6.32. The molecule has 2 aromatic heterocycles. The standard InChI is InChI=1S/C28H22ClF3N4O2/c1-37-24-8-4-5-18(27(24)38-19-6-2-3-7-19)10-12-26-35-22-14-21(29)20(28(30,31)32)13-23(22)36(26)25-11-9-17(15-33)16-34-25/h4-5,8-14,16,19H,2-3,6-7H2,1H3/b12-10+. The lowest BCUT2D eigenvalue weighted by Gasteiger charge is -2.18. The second-order valence-electron chi connectivity index (χ2n) is 8.88. The van der Waals surface area contributed by atoms with Gasteiger partial charge in [-0.2, -0.15) is 18.4 Å². The molecule has 10 heteroatoms. The lowest BCUT2D eigenvalue weighted by atomic mass is 10.1. The molecular weight excluding hydrogens is 517 g/mol. The minimum Gasteiger partial charge on any atom is -0.493 e. The maximum absolute atomic E-state index is 13.7. The molecule has 0 radical (unpaired) electrons.